The minimum absolute atomic E-state index is 0.512. The van der Waals surface area contributed by atoms with Gasteiger partial charge in [-0.05, 0) is 74.2 Å². The van der Waals surface area contributed by atoms with E-state index in [1.54, 1.807) is 16.8 Å². The Morgan fingerprint density at radius 2 is 1.86 bits per heavy atom. The highest BCUT2D eigenvalue weighted by atomic mass is 16.5. The van der Waals surface area contributed by atoms with Crippen LogP contribution in [-0.4, -0.2) is 34.1 Å². The van der Waals surface area contributed by atoms with E-state index in [-0.39, 0.29) is 0 Å². The summed E-state index contributed by atoms with van der Waals surface area (Å²) in [5.74, 6) is 1.24. The molecule has 4 rings (SSSR count). The van der Waals surface area contributed by atoms with Crippen LogP contribution in [0.4, 0.5) is 5.69 Å². The lowest BCUT2D eigenvalue weighted by Gasteiger charge is -2.23. The summed E-state index contributed by atoms with van der Waals surface area (Å²) >= 11 is 0. The number of aliphatic imine (C=N–C) groups is 1. The van der Waals surface area contributed by atoms with E-state index < -0.39 is 0 Å². The Hall–Kier alpha value is -3.59. The van der Waals surface area contributed by atoms with Crippen LogP contribution in [0.25, 0.3) is 5.69 Å². The summed E-state index contributed by atoms with van der Waals surface area (Å²) in [6.45, 7) is 4.21. The zero-order chi connectivity index (χ0) is 20.1. The number of likely N-dealkylation sites (tertiary alicyclic amines) is 1. The Labute approximate surface area is 170 Å². The average Bonchev–Trinajstić information content (AvgIpc) is 3.22. The molecule has 0 amide bonds. The Morgan fingerprint density at radius 3 is 2.59 bits per heavy atom. The second-order valence-electron chi connectivity index (χ2n) is 7.15. The third-order valence-electron chi connectivity index (χ3n) is 4.97. The van der Waals surface area contributed by atoms with Crippen molar-refractivity contribution in [1.29, 1.82) is 5.26 Å². The van der Waals surface area contributed by atoms with Crippen molar-refractivity contribution in [1.82, 2.24) is 14.7 Å². The van der Waals surface area contributed by atoms with Gasteiger partial charge in [0, 0.05) is 25.4 Å². The van der Waals surface area contributed by atoms with E-state index in [0.29, 0.717) is 11.4 Å². The first kappa shape index (κ1) is 18.8. The first-order valence-corrected chi connectivity index (χ1v) is 9.84. The summed E-state index contributed by atoms with van der Waals surface area (Å²) in [4.78, 5) is 6.92. The van der Waals surface area contributed by atoms with Crippen molar-refractivity contribution in [2.24, 2.45) is 4.99 Å². The number of aryl methyl sites for hydroxylation is 1. The topological polar surface area (TPSA) is 66.4 Å². The van der Waals surface area contributed by atoms with E-state index in [4.69, 9.17) is 10.00 Å². The summed E-state index contributed by atoms with van der Waals surface area (Å²) in [5.41, 5.74) is 3.50. The molecule has 0 aliphatic carbocycles. The van der Waals surface area contributed by atoms with Crippen LogP contribution < -0.4 is 4.74 Å². The van der Waals surface area contributed by atoms with Crippen molar-refractivity contribution in [2.75, 3.05) is 13.1 Å². The SMILES string of the molecule is Cc1cc(Oc2ccn(-c3ccc(C#N)cc3)n2)ccc1/N=C/N1CCCCC1. The molecular weight excluding hydrogens is 362 g/mol. The molecule has 6 heteroatoms. The van der Waals surface area contributed by atoms with Crippen LogP contribution in [0.5, 0.6) is 11.6 Å². The smallest absolute Gasteiger partial charge is 0.238 e. The van der Waals surface area contributed by atoms with Gasteiger partial charge in [0.05, 0.1) is 29.3 Å². The van der Waals surface area contributed by atoms with Crippen LogP contribution in [0.2, 0.25) is 0 Å². The van der Waals surface area contributed by atoms with E-state index in [1.807, 2.05) is 55.9 Å². The van der Waals surface area contributed by atoms with Crippen molar-refractivity contribution in [3.05, 3.63) is 65.9 Å². The Kier molecular flexibility index (Phi) is 5.57. The fourth-order valence-corrected chi connectivity index (χ4v) is 3.33. The molecule has 2 heterocycles. The number of ether oxygens (including phenoxy) is 1. The maximum atomic E-state index is 8.91. The highest BCUT2D eigenvalue weighted by Gasteiger charge is 2.08. The molecule has 1 aliphatic heterocycles. The lowest BCUT2D eigenvalue weighted by molar-refractivity contribution is 0.351. The standard InChI is InChI=1S/C23H23N5O/c1-18-15-21(9-10-22(18)25-17-27-12-3-2-4-13-27)29-23-11-14-28(26-23)20-7-5-19(16-24)6-8-20/h5-11,14-15,17H,2-4,12-13H2,1H3/b25-17+. The van der Waals surface area contributed by atoms with Crippen LogP contribution in [0.1, 0.15) is 30.4 Å². The normalized spacial score (nSPS) is 14.1. The molecule has 0 radical (unpaired) electrons. The Bertz CT molecular complexity index is 1040. The first-order valence-electron chi connectivity index (χ1n) is 9.84. The van der Waals surface area contributed by atoms with Crippen LogP contribution >= 0.6 is 0 Å². The summed E-state index contributed by atoms with van der Waals surface area (Å²) < 4.78 is 7.63. The van der Waals surface area contributed by atoms with Gasteiger partial charge < -0.3 is 9.64 Å². The molecule has 146 valence electrons. The van der Waals surface area contributed by atoms with E-state index in [2.05, 4.69) is 21.1 Å². The number of rotatable bonds is 5. The molecule has 1 aliphatic rings. The molecule has 0 atom stereocenters. The summed E-state index contributed by atoms with van der Waals surface area (Å²) in [6, 6.07) is 17.0. The highest BCUT2D eigenvalue weighted by molar-refractivity contribution is 5.64. The van der Waals surface area contributed by atoms with Gasteiger partial charge in [-0.25, -0.2) is 9.67 Å². The lowest BCUT2D eigenvalue weighted by atomic mass is 10.1. The summed E-state index contributed by atoms with van der Waals surface area (Å²) in [6.07, 6.45) is 7.60. The van der Waals surface area contributed by atoms with E-state index in [1.165, 1.54) is 19.3 Å². The van der Waals surface area contributed by atoms with Gasteiger partial charge in [-0.3, -0.25) is 0 Å². The second-order valence-corrected chi connectivity index (χ2v) is 7.15. The van der Waals surface area contributed by atoms with E-state index >= 15 is 0 Å². The molecular formula is C23H23N5O. The van der Waals surface area contributed by atoms with Crippen LogP contribution in [-0.2, 0) is 0 Å². The highest BCUT2D eigenvalue weighted by Crippen LogP contribution is 2.27. The number of nitrogens with zero attached hydrogens (tertiary/aromatic N) is 5. The van der Waals surface area contributed by atoms with Crippen molar-refractivity contribution in [3.63, 3.8) is 0 Å². The van der Waals surface area contributed by atoms with Crippen molar-refractivity contribution in [3.8, 4) is 23.4 Å². The Balaban J connectivity index is 1.43. The maximum Gasteiger partial charge on any atom is 0.238 e. The quantitative estimate of drug-likeness (QED) is 0.458. The summed E-state index contributed by atoms with van der Waals surface area (Å²) in [5, 5.41) is 13.4. The molecule has 1 fully saturated rings. The monoisotopic (exact) mass is 385 g/mol. The number of hydrogen-bond acceptors (Lipinski definition) is 4. The van der Waals surface area contributed by atoms with Crippen molar-refractivity contribution < 1.29 is 4.74 Å². The summed E-state index contributed by atoms with van der Waals surface area (Å²) in [7, 11) is 0. The second kappa shape index (κ2) is 8.61. The van der Waals surface area contributed by atoms with Crippen molar-refractivity contribution in [2.45, 2.75) is 26.2 Å². The van der Waals surface area contributed by atoms with Gasteiger partial charge in [-0.1, -0.05) is 0 Å². The number of benzene rings is 2. The molecule has 0 spiro atoms. The molecule has 0 saturated carbocycles. The Morgan fingerprint density at radius 1 is 1.07 bits per heavy atom. The number of aromatic nitrogens is 2. The van der Waals surface area contributed by atoms with Crippen LogP contribution in [0.3, 0.4) is 0 Å². The van der Waals surface area contributed by atoms with Crippen molar-refractivity contribution >= 4 is 12.0 Å². The lowest BCUT2D eigenvalue weighted by Crippen LogP contribution is -2.28. The van der Waals surface area contributed by atoms with Crippen LogP contribution in [0, 0.1) is 18.3 Å². The average molecular weight is 385 g/mol. The number of nitriles is 1. The molecule has 1 aromatic heterocycles. The predicted octanol–water partition coefficient (Wildman–Crippen LogP) is 4.99. The number of hydrogen-bond donors (Lipinski definition) is 0. The number of piperidine rings is 1. The van der Waals surface area contributed by atoms with E-state index in [0.717, 1.165) is 35.8 Å². The van der Waals surface area contributed by atoms with Gasteiger partial charge in [-0.2, -0.15) is 5.26 Å². The molecule has 3 aromatic rings. The minimum atomic E-state index is 0.512. The maximum absolute atomic E-state index is 8.91. The third-order valence-corrected chi connectivity index (χ3v) is 4.97. The van der Waals surface area contributed by atoms with Gasteiger partial charge in [0.1, 0.15) is 5.75 Å². The molecule has 1 saturated heterocycles. The fraction of sp³-hybridized carbons (Fsp3) is 0.261. The molecule has 0 N–H and O–H groups in total. The van der Waals surface area contributed by atoms with Gasteiger partial charge in [0.15, 0.2) is 0 Å². The minimum Gasteiger partial charge on any atom is -0.438 e. The molecule has 29 heavy (non-hydrogen) atoms. The van der Waals surface area contributed by atoms with Gasteiger partial charge in [0.25, 0.3) is 0 Å². The molecule has 2 aromatic carbocycles. The molecule has 0 bridgehead atoms. The van der Waals surface area contributed by atoms with Gasteiger partial charge >= 0.3 is 0 Å². The third kappa shape index (κ3) is 4.64. The predicted molar refractivity (Wildman–Crippen MR) is 113 cm³/mol. The largest absolute Gasteiger partial charge is 0.438 e. The zero-order valence-electron chi connectivity index (χ0n) is 16.5. The van der Waals surface area contributed by atoms with Gasteiger partial charge in [0.2, 0.25) is 5.88 Å². The van der Waals surface area contributed by atoms with Crippen LogP contribution in [0.15, 0.2) is 59.7 Å². The molecule has 0 unspecified atom stereocenters. The first-order chi connectivity index (χ1) is 14.2. The van der Waals surface area contributed by atoms with E-state index in [9.17, 15) is 0 Å². The zero-order valence-corrected chi connectivity index (χ0v) is 16.5. The van der Waals surface area contributed by atoms with Gasteiger partial charge in [-0.15, -0.1) is 5.10 Å². The molecule has 6 nitrogen and oxygen atoms in total. The fourth-order valence-electron chi connectivity index (χ4n) is 3.33.